The zero-order chi connectivity index (χ0) is 12.5. The average Bonchev–Trinajstić information content (AvgIpc) is 2.19. The van der Waals surface area contributed by atoms with Crippen molar-refractivity contribution >= 4 is 5.97 Å². The fraction of sp³-hybridized carbons (Fsp3) is 0.364. The van der Waals surface area contributed by atoms with Crippen LogP contribution >= 0.6 is 0 Å². The maximum Gasteiger partial charge on any atom is 0.328 e. The zero-order valence-electron chi connectivity index (χ0n) is 9.29. The minimum atomic E-state index is -1.59. The molecule has 0 aliphatic rings. The third-order valence-corrected chi connectivity index (χ3v) is 2.76. The summed E-state index contributed by atoms with van der Waals surface area (Å²) in [6.07, 6.45) is 0. The maximum absolute atomic E-state index is 13.5. The van der Waals surface area contributed by atoms with Gasteiger partial charge in [0.25, 0.3) is 0 Å². The van der Waals surface area contributed by atoms with E-state index in [2.05, 4.69) is 0 Å². The van der Waals surface area contributed by atoms with E-state index in [0.717, 1.165) is 18.2 Å². The van der Waals surface area contributed by atoms with E-state index in [1.807, 2.05) is 0 Å². The van der Waals surface area contributed by atoms with Crippen LogP contribution in [0.2, 0.25) is 0 Å². The lowest BCUT2D eigenvalue weighted by molar-refractivity contribution is -0.149. The lowest BCUT2D eigenvalue weighted by atomic mass is 9.90. The summed E-state index contributed by atoms with van der Waals surface area (Å²) in [6.45, 7) is 1.33. The molecule has 3 nitrogen and oxygen atoms in total. The SMILES string of the molecule is CN(C)C(C)(C(=O)O)c1cc(F)ccc1F. The fourth-order valence-corrected chi connectivity index (χ4v) is 1.42. The first-order valence-electron chi connectivity index (χ1n) is 4.66. The molecule has 0 spiro atoms. The predicted molar refractivity (Wildman–Crippen MR) is 55.0 cm³/mol. The van der Waals surface area contributed by atoms with Crippen molar-refractivity contribution in [2.24, 2.45) is 0 Å². The highest BCUT2D eigenvalue weighted by atomic mass is 19.1. The number of hydrogen-bond donors (Lipinski definition) is 1. The third-order valence-electron chi connectivity index (χ3n) is 2.76. The minimum absolute atomic E-state index is 0.190. The molecule has 0 aromatic heterocycles. The Bertz CT molecular complexity index is 420. The molecule has 1 rings (SSSR count). The van der Waals surface area contributed by atoms with Gasteiger partial charge in [0.15, 0.2) is 0 Å². The number of aliphatic carboxylic acids is 1. The second-order valence-corrected chi connectivity index (χ2v) is 3.90. The average molecular weight is 229 g/mol. The molecule has 1 aromatic rings. The predicted octanol–water partition coefficient (Wildman–Crippen LogP) is 1.83. The summed E-state index contributed by atoms with van der Waals surface area (Å²) in [6, 6.07) is 2.79. The topological polar surface area (TPSA) is 40.5 Å². The number of carboxylic acid groups (broad SMARTS) is 1. The number of hydrogen-bond acceptors (Lipinski definition) is 2. The maximum atomic E-state index is 13.5. The standard InChI is InChI=1S/C11H13F2NO2/c1-11(10(15)16,14(2)3)8-6-7(12)4-5-9(8)13/h4-6H,1-3H3,(H,15,16). The molecule has 88 valence electrons. The van der Waals surface area contributed by atoms with Gasteiger partial charge in [0, 0.05) is 5.56 Å². The zero-order valence-corrected chi connectivity index (χ0v) is 9.29. The molecular formula is C11H13F2NO2. The molecule has 0 bridgehead atoms. The minimum Gasteiger partial charge on any atom is -0.480 e. The van der Waals surface area contributed by atoms with E-state index in [4.69, 9.17) is 5.11 Å². The van der Waals surface area contributed by atoms with E-state index in [1.54, 1.807) is 0 Å². The quantitative estimate of drug-likeness (QED) is 0.859. The number of carbonyl (C=O) groups is 1. The van der Waals surface area contributed by atoms with Crippen molar-refractivity contribution in [2.75, 3.05) is 14.1 Å². The van der Waals surface area contributed by atoms with Crippen LogP contribution in [-0.2, 0) is 10.3 Å². The van der Waals surface area contributed by atoms with E-state index in [1.165, 1.54) is 25.9 Å². The fourth-order valence-electron chi connectivity index (χ4n) is 1.42. The van der Waals surface area contributed by atoms with Gasteiger partial charge >= 0.3 is 5.97 Å². The monoisotopic (exact) mass is 229 g/mol. The number of likely N-dealkylation sites (N-methyl/N-ethyl adjacent to an activating group) is 1. The molecule has 0 saturated carbocycles. The molecule has 0 amide bonds. The molecule has 0 fully saturated rings. The van der Waals surface area contributed by atoms with Crippen molar-refractivity contribution in [3.05, 3.63) is 35.4 Å². The molecule has 0 aliphatic heterocycles. The van der Waals surface area contributed by atoms with Gasteiger partial charge in [-0.15, -0.1) is 0 Å². The summed E-state index contributed by atoms with van der Waals surface area (Å²) in [5.41, 5.74) is -1.78. The molecule has 0 saturated heterocycles. The summed E-state index contributed by atoms with van der Waals surface area (Å²) in [5, 5.41) is 9.14. The smallest absolute Gasteiger partial charge is 0.328 e. The van der Waals surface area contributed by atoms with Crippen LogP contribution in [0.3, 0.4) is 0 Å². The Morgan fingerprint density at radius 1 is 1.38 bits per heavy atom. The number of rotatable bonds is 3. The van der Waals surface area contributed by atoms with Gasteiger partial charge in [-0.2, -0.15) is 0 Å². The van der Waals surface area contributed by atoms with E-state index >= 15 is 0 Å². The summed E-state index contributed by atoms with van der Waals surface area (Å²) < 4.78 is 26.6. The molecule has 0 radical (unpaired) electrons. The molecule has 0 heterocycles. The first-order chi connectivity index (χ1) is 7.30. The number of nitrogens with zero attached hydrogens (tertiary/aromatic N) is 1. The van der Waals surface area contributed by atoms with Gasteiger partial charge in [-0.25, -0.2) is 13.6 Å². The second kappa shape index (κ2) is 4.17. The Kier molecular flexibility index (Phi) is 3.28. The van der Waals surface area contributed by atoms with Crippen molar-refractivity contribution < 1.29 is 18.7 Å². The van der Waals surface area contributed by atoms with Crippen LogP contribution in [0.1, 0.15) is 12.5 Å². The molecular weight excluding hydrogens is 216 g/mol. The van der Waals surface area contributed by atoms with E-state index in [-0.39, 0.29) is 5.56 Å². The van der Waals surface area contributed by atoms with E-state index < -0.39 is 23.1 Å². The summed E-state index contributed by atoms with van der Waals surface area (Å²) in [5.74, 6) is -2.63. The van der Waals surface area contributed by atoms with Gasteiger partial charge in [0.2, 0.25) is 0 Å². The lowest BCUT2D eigenvalue weighted by Gasteiger charge is -2.32. The van der Waals surface area contributed by atoms with E-state index in [0.29, 0.717) is 0 Å². The van der Waals surface area contributed by atoms with Gasteiger partial charge in [-0.3, -0.25) is 4.90 Å². The summed E-state index contributed by atoms with van der Waals surface area (Å²) in [7, 11) is 3.00. The number of carboxylic acids is 1. The normalized spacial score (nSPS) is 14.9. The van der Waals surface area contributed by atoms with Gasteiger partial charge in [-0.1, -0.05) is 0 Å². The Morgan fingerprint density at radius 3 is 2.38 bits per heavy atom. The highest BCUT2D eigenvalue weighted by Crippen LogP contribution is 2.29. The Labute approximate surface area is 92.3 Å². The van der Waals surface area contributed by atoms with Gasteiger partial charge in [0.1, 0.15) is 17.2 Å². The summed E-state index contributed by atoms with van der Waals surface area (Å²) in [4.78, 5) is 12.5. The van der Waals surface area contributed by atoms with Crippen molar-refractivity contribution in [2.45, 2.75) is 12.5 Å². The molecule has 1 atom stereocenters. The van der Waals surface area contributed by atoms with Crippen LogP contribution in [0.4, 0.5) is 8.78 Å². The Balaban J connectivity index is 3.43. The molecule has 1 aromatic carbocycles. The van der Waals surface area contributed by atoms with Crippen molar-refractivity contribution in [3.63, 3.8) is 0 Å². The molecule has 1 N–H and O–H groups in total. The lowest BCUT2D eigenvalue weighted by Crippen LogP contribution is -2.46. The van der Waals surface area contributed by atoms with Gasteiger partial charge < -0.3 is 5.11 Å². The van der Waals surface area contributed by atoms with Crippen molar-refractivity contribution in [1.29, 1.82) is 0 Å². The third kappa shape index (κ3) is 1.90. The van der Waals surface area contributed by atoms with Gasteiger partial charge in [-0.05, 0) is 39.2 Å². The Hall–Kier alpha value is -1.49. The van der Waals surface area contributed by atoms with Crippen LogP contribution in [-0.4, -0.2) is 30.1 Å². The van der Waals surface area contributed by atoms with Crippen LogP contribution in [0.15, 0.2) is 18.2 Å². The number of benzene rings is 1. The van der Waals surface area contributed by atoms with Gasteiger partial charge in [0.05, 0.1) is 0 Å². The van der Waals surface area contributed by atoms with Crippen LogP contribution in [0.5, 0.6) is 0 Å². The largest absolute Gasteiger partial charge is 0.480 e. The first kappa shape index (κ1) is 12.6. The Morgan fingerprint density at radius 2 is 1.94 bits per heavy atom. The first-order valence-corrected chi connectivity index (χ1v) is 4.66. The van der Waals surface area contributed by atoms with E-state index in [9.17, 15) is 13.6 Å². The molecule has 1 unspecified atom stereocenters. The number of halogens is 2. The van der Waals surface area contributed by atoms with Crippen LogP contribution < -0.4 is 0 Å². The highest BCUT2D eigenvalue weighted by molar-refractivity contribution is 5.80. The molecule has 5 heteroatoms. The van der Waals surface area contributed by atoms with Crippen LogP contribution in [0.25, 0.3) is 0 Å². The second-order valence-electron chi connectivity index (χ2n) is 3.90. The summed E-state index contributed by atoms with van der Waals surface area (Å²) >= 11 is 0. The van der Waals surface area contributed by atoms with Crippen molar-refractivity contribution in [1.82, 2.24) is 4.90 Å². The van der Waals surface area contributed by atoms with Crippen LogP contribution in [0, 0.1) is 11.6 Å². The molecule has 0 aliphatic carbocycles. The highest BCUT2D eigenvalue weighted by Gasteiger charge is 2.40. The van der Waals surface area contributed by atoms with Crippen molar-refractivity contribution in [3.8, 4) is 0 Å². The molecule has 16 heavy (non-hydrogen) atoms.